The minimum absolute atomic E-state index is 0.142. The van der Waals surface area contributed by atoms with E-state index in [0.717, 1.165) is 44.9 Å². The van der Waals surface area contributed by atoms with Crippen LogP contribution in [-0.2, 0) is 0 Å². The highest BCUT2D eigenvalue weighted by atomic mass is 16.5. The number of rotatable bonds is 8. The fraction of sp³-hybridized carbons (Fsp3) is 0.935. The van der Waals surface area contributed by atoms with Gasteiger partial charge in [-0.05, 0) is 107 Å². The maximum Gasteiger partial charge on any atom is 0.0576 e. The van der Waals surface area contributed by atoms with Crippen LogP contribution in [0.25, 0.3) is 0 Å². The first-order chi connectivity index (χ1) is 16.4. The topological polar surface area (TPSA) is 71.7 Å². The molecule has 2 rings (SSSR count). The van der Waals surface area contributed by atoms with Crippen molar-refractivity contribution >= 4 is 11.4 Å². The van der Waals surface area contributed by atoms with E-state index in [4.69, 9.17) is 9.98 Å². The van der Waals surface area contributed by atoms with Crippen molar-refractivity contribution in [2.75, 3.05) is 0 Å². The van der Waals surface area contributed by atoms with Crippen LogP contribution in [0.2, 0.25) is 0 Å². The molecule has 37 heavy (non-hydrogen) atoms. The van der Waals surface area contributed by atoms with E-state index in [9.17, 15) is 10.4 Å². The molecule has 0 aromatic heterocycles. The molecule has 0 bridgehead atoms. The van der Waals surface area contributed by atoms with Gasteiger partial charge in [0.15, 0.2) is 0 Å². The van der Waals surface area contributed by atoms with E-state index >= 15 is 0 Å². The van der Waals surface area contributed by atoms with Crippen LogP contribution >= 0.6 is 0 Å². The van der Waals surface area contributed by atoms with Crippen LogP contribution in [0, 0.1) is 11.3 Å². The molecule has 0 amide bonds. The quantitative estimate of drug-likeness (QED) is 0.340. The molecule has 0 aromatic carbocycles. The Bertz CT molecular complexity index is 826. The summed E-state index contributed by atoms with van der Waals surface area (Å²) in [6, 6.07) is 0.263. The highest BCUT2D eigenvalue weighted by molar-refractivity contribution is 5.88. The Balaban J connectivity index is 2.02. The van der Waals surface area contributed by atoms with E-state index in [0.29, 0.717) is 5.92 Å². The molecular formula is C31H60N4O2. The van der Waals surface area contributed by atoms with Crippen molar-refractivity contribution < 1.29 is 10.4 Å². The third-order valence-corrected chi connectivity index (χ3v) is 9.00. The lowest BCUT2D eigenvalue weighted by molar-refractivity contribution is -0.226. The van der Waals surface area contributed by atoms with Gasteiger partial charge in [0.1, 0.15) is 0 Å². The van der Waals surface area contributed by atoms with Gasteiger partial charge in [0.05, 0.1) is 5.54 Å². The zero-order chi connectivity index (χ0) is 28.8. The van der Waals surface area contributed by atoms with Gasteiger partial charge in [-0.15, -0.1) is 0 Å². The van der Waals surface area contributed by atoms with Crippen molar-refractivity contribution in [2.24, 2.45) is 21.3 Å². The number of hydrogen-bond donors (Lipinski definition) is 2. The third-order valence-electron chi connectivity index (χ3n) is 9.00. The van der Waals surface area contributed by atoms with Crippen molar-refractivity contribution in [3.8, 4) is 0 Å². The lowest BCUT2D eigenvalue weighted by Crippen LogP contribution is -2.59. The van der Waals surface area contributed by atoms with Crippen molar-refractivity contribution in [2.45, 2.75) is 176 Å². The number of aliphatic imine (C=N–C) groups is 2. The normalized spacial score (nSPS) is 26.1. The number of nitrogens with zero attached hydrogens (tertiary/aromatic N) is 4. The highest BCUT2D eigenvalue weighted by Gasteiger charge is 2.45. The van der Waals surface area contributed by atoms with Crippen molar-refractivity contribution in [3.63, 3.8) is 0 Å². The van der Waals surface area contributed by atoms with E-state index in [2.05, 4.69) is 96.9 Å². The second-order valence-corrected chi connectivity index (χ2v) is 16.3. The maximum absolute atomic E-state index is 10.7. The van der Waals surface area contributed by atoms with Gasteiger partial charge in [-0.2, -0.15) is 10.1 Å². The van der Waals surface area contributed by atoms with E-state index in [-0.39, 0.29) is 39.2 Å². The molecule has 2 saturated heterocycles. The molecule has 2 heterocycles. The van der Waals surface area contributed by atoms with Gasteiger partial charge >= 0.3 is 0 Å². The summed E-state index contributed by atoms with van der Waals surface area (Å²) in [5, 5.41) is 24.3. The number of hydrogen-bond acceptors (Lipinski definition) is 6. The second-order valence-electron chi connectivity index (χ2n) is 16.3. The first kappa shape index (κ1) is 32.4. The largest absolute Gasteiger partial charge is 0.313 e. The fourth-order valence-electron chi connectivity index (χ4n) is 6.97. The molecule has 6 heteroatoms. The lowest BCUT2D eigenvalue weighted by atomic mass is 9.76. The van der Waals surface area contributed by atoms with Crippen LogP contribution in [0.3, 0.4) is 0 Å². The first-order valence-electron chi connectivity index (χ1n) is 14.5. The lowest BCUT2D eigenvalue weighted by Gasteiger charge is -2.49. The minimum atomic E-state index is -0.308. The molecule has 2 atom stereocenters. The summed E-state index contributed by atoms with van der Waals surface area (Å²) in [6.07, 6.45) is 6.54. The van der Waals surface area contributed by atoms with Gasteiger partial charge in [0.2, 0.25) is 0 Å². The summed E-state index contributed by atoms with van der Waals surface area (Å²) >= 11 is 0. The minimum Gasteiger partial charge on any atom is -0.313 e. The molecule has 0 saturated carbocycles. The summed E-state index contributed by atoms with van der Waals surface area (Å²) in [5.74, 6) is 0.453. The zero-order valence-electron chi connectivity index (χ0n) is 26.8. The third kappa shape index (κ3) is 8.09. The molecule has 0 aliphatic carbocycles. The maximum atomic E-state index is 10.7. The van der Waals surface area contributed by atoms with Gasteiger partial charge in [-0.25, -0.2) is 0 Å². The number of piperidine rings is 2. The first-order valence-corrected chi connectivity index (χ1v) is 14.5. The standard InChI is InChI=1S/C31H60N4O2/c1-22(31(13,14)33-25-20-29(9,10)35(37)30(11,12)21-25)15-16-26(3,4)17-23(2)32-24-18-27(5,6)34(36)28(7,8)19-24/h22-23,36-37H,15-21H2,1-14H3. The van der Waals surface area contributed by atoms with Crippen molar-refractivity contribution in [3.05, 3.63) is 0 Å². The van der Waals surface area contributed by atoms with Gasteiger partial charge in [0, 0.05) is 65.3 Å². The Hall–Kier alpha value is -0.820. The Morgan fingerprint density at radius 3 is 1.51 bits per heavy atom. The van der Waals surface area contributed by atoms with Crippen LogP contribution in [0.5, 0.6) is 0 Å². The fourth-order valence-corrected chi connectivity index (χ4v) is 6.97. The molecule has 2 fully saturated rings. The zero-order valence-corrected chi connectivity index (χ0v) is 26.8. The second kappa shape index (κ2) is 10.6. The Morgan fingerprint density at radius 1 is 0.730 bits per heavy atom. The highest BCUT2D eigenvalue weighted by Crippen LogP contribution is 2.39. The molecule has 0 radical (unpaired) electrons. The molecular weight excluding hydrogens is 460 g/mol. The van der Waals surface area contributed by atoms with Gasteiger partial charge in [-0.3, -0.25) is 9.98 Å². The van der Waals surface area contributed by atoms with Gasteiger partial charge in [0.25, 0.3) is 0 Å². The van der Waals surface area contributed by atoms with Crippen LogP contribution < -0.4 is 0 Å². The molecule has 2 N–H and O–H groups in total. The van der Waals surface area contributed by atoms with E-state index in [1.54, 1.807) is 0 Å². The molecule has 2 aliphatic rings. The smallest absolute Gasteiger partial charge is 0.0576 e. The van der Waals surface area contributed by atoms with E-state index in [1.807, 2.05) is 0 Å². The molecule has 216 valence electrons. The molecule has 6 nitrogen and oxygen atoms in total. The van der Waals surface area contributed by atoms with Gasteiger partial charge < -0.3 is 10.4 Å². The summed E-state index contributed by atoms with van der Waals surface area (Å²) in [4.78, 5) is 10.5. The average Bonchev–Trinajstić information content (AvgIpc) is 2.66. The Labute approximate surface area is 228 Å². The monoisotopic (exact) mass is 520 g/mol. The molecule has 2 unspecified atom stereocenters. The number of hydroxylamine groups is 4. The van der Waals surface area contributed by atoms with Crippen LogP contribution in [0.15, 0.2) is 9.98 Å². The molecule has 0 spiro atoms. The van der Waals surface area contributed by atoms with Crippen molar-refractivity contribution in [1.29, 1.82) is 0 Å². The van der Waals surface area contributed by atoms with Crippen LogP contribution in [0.4, 0.5) is 0 Å². The average molecular weight is 521 g/mol. The van der Waals surface area contributed by atoms with Crippen LogP contribution in [-0.4, -0.2) is 65.7 Å². The molecule has 0 aromatic rings. The predicted octanol–water partition coefficient (Wildman–Crippen LogP) is 7.95. The summed E-state index contributed by atoms with van der Waals surface area (Å²) in [7, 11) is 0. The van der Waals surface area contributed by atoms with E-state index in [1.165, 1.54) is 21.5 Å². The summed E-state index contributed by atoms with van der Waals surface area (Å²) < 4.78 is 0. The summed E-state index contributed by atoms with van der Waals surface area (Å²) in [5.41, 5.74) is 1.30. The van der Waals surface area contributed by atoms with E-state index < -0.39 is 0 Å². The Kier molecular flexibility index (Phi) is 9.31. The van der Waals surface area contributed by atoms with Gasteiger partial charge in [-0.1, -0.05) is 20.8 Å². The SMILES string of the molecule is CC(CC(C)(C)CCC(C)C(C)(C)N=C1CC(C)(C)N(O)C(C)(C)C1)N=C1CC(C)(C)N(O)C(C)(C)C1. The Morgan fingerprint density at radius 2 is 1.11 bits per heavy atom. The molecule has 2 aliphatic heterocycles. The summed E-state index contributed by atoms with van der Waals surface area (Å²) in [6.45, 7) is 30.7. The predicted molar refractivity (Wildman–Crippen MR) is 157 cm³/mol. The van der Waals surface area contributed by atoms with Crippen molar-refractivity contribution in [1.82, 2.24) is 10.1 Å². The van der Waals surface area contributed by atoms with Crippen LogP contribution in [0.1, 0.15) is 142 Å².